The first kappa shape index (κ1) is 13.3. The predicted octanol–water partition coefficient (Wildman–Crippen LogP) is 0.266. The molecule has 108 valence electrons. The molecule has 2 aromatic rings. The zero-order valence-corrected chi connectivity index (χ0v) is 12.0. The molecule has 0 saturated carbocycles. The van der Waals surface area contributed by atoms with Gasteiger partial charge in [-0.3, -0.25) is 14.4 Å². The van der Waals surface area contributed by atoms with E-state index < -0.39 is 0 Å². The van der Waals surface area contributed by atoms with Gasteiger partial charge in [0.05, 0.1) is 24.9 Å². The Morgan fingerprint density at radius 3 is 2.80 bits per heavy atom. The molecule has 0 aromatic carbocycles. The topological polar surface area (TPSA) is 76.0 Å². The van der Waals surface area contributed by atoms with Crippen LogP contribution >= 0.6 is 0 Å². The highest BCUT2D eigenvalue weighted by Crippen LogP contribution is 2.13. The first-order valence-electron chi connectivity index (χ1n) is 6.81. The van der Waals surface area contributed by atoms with Gasteiger partial charge < -0.3 is 9.72 Å². The van der Waals surface area contributed by atoms with E-state index in [2.05, 4.69) is 33.8 Å². The predicted molar refractivity (Wildman–Crippen MR) is 74.4 cm³/mol. The summed E-state index contributed by atoms with van der Waals surface area (Å²) < 4.78 is 7.33. The van der Waals surface area contributed by atoms with Crippen LogP contribution in [0.25, 0.3) is 11.0 Å². The van der Waals surface area contributed by atoms with Gasteiger partial charge in [-0.25, -0.2) is 4.98 Å². The van der Waals surface area contributed by atoms with Gasteiger partial charge in [-0.05, 0) is 13.8 Å². The Labute approximate surface area is 116 Å². The van der Waals surface area contributed by atoms with Gasteiger partial charge in [0, 0.05) is 20.1 Å². The third-order valence-electron chi connectivity index (χ3n) is 3.52. The van der Waals surface area contributed by atoms with Gasteiger partial charge in [-0.2, -0.15) is 5.10 Å². The molecule has 1 aliphatic rings. The number of aryl methyl sites for hydroxylation is 1. The quantitative estimate of drug-likeness (QED) is 0.852. The maximum atomic E-state index is 12.0. The van der Waals surface area contributed by atoms with E-state index >= 15 is 0 Å². The van der Waals surface area contributed by atoms with Crippen molar-refractivity contribution < 1.29 is 4.74 Å². The standard InChI is InChI=1S/C13H19N5O2/c1-8-5-18(6-9(2)20-8)7-11-15-12-10(13(19)16-11)4-14-17(12)3/h4,8-9H,5-7H2,1-3H3,(H,15,16,19)/t8-,9-/m0/s1. The molecule has 0 aliphatic carbocycles. The number of aromatic nitrogens is 4. The van der Waals surface area contributed by atoms with Crippen molar-refractivity contribution in [1.29, 1.82) is 0 Å². The van der Waals surface area contributed by atoms with E-state index in [1.54, 1.807) is 17.9 Å². The maximum absolute atomic E-state index is 12.0. The fourth-order valence-electron chi connectivity index (χ4n) is 2.78. The molecule has 7 heteroatoms. The Kier molecular flexibility index (Phi) is 3.31. The summed E-state index contributed by atoms with van der Waals surface area (Å²) in [7, 11) is 1.79. The normalized spacial score (nSPS) is 24.4. The minimum atomic E-state index is -0.132. The monoisotopic (exact) mass is 277 g/mol. The summed E-state index contributed by atoms with van der Waals surface area (Å²) in [6, 6.07) is 0. The maximum Gasteiger partial charge on any atom is 0.262 e. The molecule has 0 radical (unpaired) electrons. The van der Waals surface area contributed by atoms with Crippen LogP contribution in [-0.4, -0.2) is 49.9 Å². The summed E-state index contributed by atoms with van der Waals surface area (Å²) in [6.07, 6.45) is 1.95. The summed E-state index contributed by atoms with van der Waals surface area (Å²) in [5, 5.41) is 4.60. The molecule has 1 fully saturated rings. The molecule has 0 bridgehead atoms. The number of ether oxygens (including phenoxy) is 1. The molecule has 1 N–H and O–H groups in total. The van der Waals surface area contributed by atoms with Crippen LogP contribution in [0, 0.1) is 0 Å². The highest BCUT2D eigenvalue weighted by atomic mass is 16.5. The molecule has 3 rings (SSSR count). The van der Waals surface area contributed by atoms with Crippen LogP contribution in [0.15, 0.2) is 11.0 Å². The van der Waals surface area contributed by atoms with E-state index in [9.17, 15) is 4.79 Å². The minimum absolute atomic E-state index is 0.132. The number of nitrogens with one attached hydrogen (secondary N) is 1. The highest BCUT2D eigenvalue weighted by Gasteiger charge is 2.23. The molecule has 0 amide bonds. The minimum Gasteiger partial charge on any atom is -0.373 e. The molecule has 20 heavy (non-hydrogen) atoms. The van der Waals surface area contributed by atoms with Crippen LogP contribution < -0.4 is 5.56 Å². The lowest BCUT2D eigenvalue weighted by molar-refractivity contribution is -0.0710. The average Bonchev–Trinajstić information content (AvgIpc) is 2.70. The summed E-state index contributed by atoms with van der Waals surface area (Å²) >= 11 is 0. The Bertz CT molecular complexity index is 667. The fourth-order valence-corrected chi connectivity index (χ4v) is 2.78. The van der Waals surface area contributed by atoms with Crippen LogP contribution in [0.1, 0.15) is 19.7 Å². The number of rotatable bonds is 2. The van der Waals surface area contributed by atoms with E-state index in [1.165, 1.54) is 0 Å². The molecule has 2 aromatic heterocycles. The molecule has 1 aliphatic heterocycles. The Morgan fingerprint density at radius 2 is 2.10 bits per heavy atom. The summed E-state index contributed by atoms with van der Waals surface area (Å²) in [4.78, 5) is 21.6. The number of fused-ring (bicyclic) bond motifs is 1. The Hall–Kier alpha value is -1.73. The van der Waals surface area contributed by atoms with Crippen molar-refractivity contribution in [2.75, 3.05) is 13.1 Å². The first-order chi connectivity index (χ1) is 9.52. The number of hydrogen-bond acceptors (Lipinski definition) is 5. The second-order valence-corrected chi connectivity index (χ2v) is 5.47. The SMILES string of the molecule is C[C@H]1CN(Cc2nc3c(cnn3C)c(=O)[nH]2)C[C@H](C)O1. The van der Waals surface area contributed by atoms with Gasteiger partial charge in [0.25, 0.3) is 5.56 Å². The third kappa shape index (κ3) is 2.46. The lowest BCUT2D eigenvalue weighted by Gasteiger charge is -2.34. The molecule has 0 spiro atoms. The van der Waals surface area contributed by atoms with E-state index in [-0.39, 0.29) is 17.8 Å². The molecular weight excluding hydrogens is 258 g/mol. The Morgan fingerprint density at radius 1 is 1.40 bits per heavy atom. The third-order valence-corrected chi connectivity index (χ3v) is 3.52. The number of nitrogens with zero attached hydrogens (tertiary/aromatic N) is 4. The lowest BCUT2D eigenvalue weighted by atomic mass is 10.2. The van der Waals surface area contributed by atoms with Crippen molar-refractivity contribution in [2.45, 2.75) is 32.6 Å². The van der Waals surface area contributed by atoms with E-state index in [0.717, 1.165) is 13.1 Å². The van der Waals surface area contributed by atoms with Crippen molar-refractivity contribution in [1.82, 2.24) is 24.6 Å². The van der Waals surface area contributed by atoms with Crippen molar-refractivity contribution in [3.05, 3.63) is 22.4 Å². The van der Waals surface area contributed by atoms with E-state index in [1.807, 2.05) is 0 Å². The van der Waals surface area contributed by atoms with Gasteiger partial charge in [0.2, 0.25) is 0 Å². The molecule has 3 heterocycles. The molecule has 0 unspecified atom stereocenters. The van der Waals surface area contributed by atoms with Crippen LogP contribution in [0.3, 0.4) is 0 Å². The lowest BCUT2D eigenvalue weighted by Crippen LogP contribution is -2.45. The van der Waals surface area contributed by atoms with Crippen molar-refractivity contribution in [2.24, 2.45) is 7.05 Å². The Balaban J connectivity index is 1.87. The van der Waals surface area contributed by atoms with Gasteiger partial charge in [-0.1, -0.05) is 0 Å². The second kappa shape index (κ2) is 4.99. The molecule has 7 nitrogen and oxygen atoms in total. The second-order valence-electron chi connectivity index (χ2n) is 5.47. The smallest absolute Gasteiger partial charge is 0.262 e. The van der Waals surface area contributed by atoms with Crippen LogP contribution in [0.4, 0.5) is 0 Å². The van der Waals surface area contributed by atoms with Gasteiger partial charge >= 0.3 is 0 Å². The zero-order chi connectivity index (χ0) is 14.3. The van der Waals surface area contributed by atoms with Crippen molar-refractivity contribution in [3.63, 3.8) is 0 Å². The first-order valence-corrected chi connectivity index (χ1v) is 6.81. The largest absolute Gasteiger partial charge is 0.373 e. The van der Waals surface area contributed by atoms with Gasteiger partial charge in [-0.15, -0.1) is 0 Å². The van der Waals surface area contributed by atoms with Crippen molar-refractivity contribution >= 4 is 11.0 Å². The van der Waals surface area contributed by atoms with Crippen LogP contribution in [0.5, 0.6) is 0 Å². The fraction of sp³-hybridized carbons (Fsp3) is 0.615. The van der Waals surface area contributed by atoms with E-state index in [0.29, 0.717) is 23.4 Å². The summed E-state index contributed by atoms with van der Waals surface area (Å²) in [5.74, 6) is 0.674. The summed E-state index contributed by atoms with van der Waals surface area (Å²) in [5.41, 5.74) is 0.491. The van der Waals surface area contributed by atoms with Crippen LogP contribution in [-0.2, 0) is 18.3 Å². The number of hydrogen-bond donors (Lipinski definition) is 1. The number of aromatic amines is 1. The average molecular weight is 277 g/mol. The van der Waals surface area contributed by atoms with Crippen molar-refractivity contribution in [3.8, 4) is 0 Å². The number of H-pyrrole nitrogens is 1. The van der Waals surface area contributed by atoms with Gasteiger partial charge in [0.15, 0.2) is 5.65 Å². The summed E-state index contributed by atoms with van der Waals surface area (Å²) in [6.45, 7) is 6.43. The zero-order valence-electron chi connectivity index (χ0n) is 12.0. The van der Waals surface area contributed by atoms with Gasteiger partial charge in [0.1, 0.15) is 11.2 Å². The van der Waals surface area contributed by atoms with Crippen LogP contribution in [0.2, 0.25) is 0 Å². The molecular formula is C13H19N5O2. The number of morpholine rings is 1. The molecule has 1 saturated heterocycles. The van der Waals surface area contributed by atoms with E-state index in [4.69, 9.17) is 4.74 Å². The molecule has 2 atom stereocenters. The highest BCUT2D eigenvalue weighted by molar-refractivity contribution is 5.72.